The monoisotopic (exact) mass is 410 g/mol. The molecule has 11 heteroatoms. The van der Waals surface area contributed by atoms with Gasteiger partial charge in [0.2, 0.25) is 0 Å². The molecular formula is C17H16F2N4O4S. The summed E-state index contributed by atoms with van der Waals surface area (Å²) in [6.45, 7) is -0.982. The van der Waals surface area contributed by atoms with E-state index in [9.17, 15) is 22.3 Å². The fourth-order valence-corrected chi connectivity index (χ4v) is 4.24. The van der Waals surface area contributed by atoms with Crippen LogP contribution in [0.1, 0.15) is 5.56 Å². The number of hydrogen-bond acceptors (Lipinski definition) is 7. The second-order valence-electron chi connectivity index (χ2n) is 6.28. The van der Waals surface area contributed by atoms with Crippen LogP contribution < -0.4 is 10.5 Å². The van der Waals surface area contributed by atoms with Gasteiger partial charge in [-0.25, -0.2) is 22.2 Å². The summed E-state index contributed by atoms with van der Waals surface area (Å²) in [5.74, 6) is -1.50. The lowest BCUT2D eigenvalue weighted by atomic mass is 10.0. The first kappa shape index (κ1) is 20.1. The Morgan fingerprint density at radius 2 is 2.14 bits per heavy atom. The number of halogens is 2. The predicted molar refractivity (Wildman–Crippen MR) is 92.5 cm³/mol. The molecule has 8 nitrogen and oxygen atoms in total. The predicted octanol–water partition coefficient (Wildman–Crippen LogP) is 0.373. The van der Waals surface area contributed by atoms with Crippen LogP contribution in [-0.2, 0) is 10.0 Å². The molecule has 3 rings (SSSR count). The van der Waals surface area contributed by atoms with Gasteiger partial charge in [0.15, 0.2) is 5.03 Å². The first-order valence-corrected chi connectivity index (χ1v) is 9.54. The molecule has 1 aliphatic rings. The highest BCUT2D eigenvalue weighted by atomic mass is 32.2. The van der Waals surface area contributed by atoms with Crippen LogP contribution in [-0.4, -0.2) is 54.2 Å². The Kier molecular flexibility index (Phi) is 5.31. The van der Waals surface area contributed by atoms with Crippen molar-refractivity contribution < 1.29 is 27.0 Å². The van der Waals surface area contributed by atoms with Gasteiger partial charge >= 0.3 is 0 Å². The summed E-state index contributed by atoms with van der Waals surface area (Å²) in [4.78, 5) is 3.57. The Balaban J connectivity index is 1.86. The maximum absolute atomic E-state index is 13.8. The summed E-state index contributed by atoms with van der Waals surface area (Å²) in [5, 5.41) is 19.1. The first-order chi connectivity index (χ1) is 13.2. The van der Waals surface area contributed by atoms with Crippen molar-refractivity contribution in [3.63, 3.8) is 0 Å². The molecule has 0 radical (unpaired) electrons. The van der Waals surface area contributed by atoms with Crippen molar-refractivity contribution in [1.29, 1.82) is 5.26 Å². The second kappa shape index (κ2) is 7.40. The molecule has 0 amide bonds. The van der Waals surface area contributed by atoms with Gasteiger partial charge in [0.05, 0.1) is 18.3 Å². The molecule has 3 N–H and O–H groups in total. The number of hydrogen-bond donors (Lipinski definition) is 2. The summed E-state index contributed by atoms with van der Waals surface area (Å²) < 4.78 is 58.7. The third-order valence-electron chi connectivity index (χ3n) is 4.42. The quantitative estimate of drug-likeness (QED) is 0.729. The van der Waals surface area contributed by atoms with Crippen LogP contribution in [0.5, 0.6) is 5.75 Å². The number of pyridine rings is 1. The van der Waals surface area contributed by atoms with E-state index in [0.717, 1.165) is 28.7 Å². The van der Waals surface area contributed by atoms with E-state index in [2.05, 4.69) is 4.98 Å². The van der Waals surface area contributed by atoms with Crippen LogP contribution in [0.4, 0.5) is 8.78 Å². The Morgan fingerprint density at radius 3 is 2.71 bits per heavy atom. The van der Waals surface area contributed by atoms with E-state index in [1.54, 1.807) is 6.07 Å². The lowest BCUT2D eigenvalue weighted by molar-refractivity contribution is -0.0201. The maximum Gasteiger partial charge on any atom is 0.260 e. The van der Waals surface area contributed by atoms with Crippen LogP contribution in [0, 0.1) is 23.0 Å². The molecule has 1 aromatic heterocycles. The fraction of sp³-hybridized carbons (Fsp3) is 0.294. The molecule has 0 spiro atoms. The highest BCUT2D eigenvalue weighted by Crippen LogP contribution is 2.30. The fourth-order valence-electron chi connectivity index (χ4n) is 2.82. The molecule has 0 bridgehead atoms. The van der Waals surface area contributed by atoms with Crippen molar-refractivity contribution in [3.05, 3.63) is 53.7 Å². The van der Waals surface area contributed by atoms with Crippen molar-refractivity contribution in [3.8, 4) is 11.8 Å². The van der Waals surface area contributed by atoms with Gasteiger partial charge in [0.25, 0.3) is 10.0 Å². The molecule has 2 atom stereocenters. The van der Waals surface area contributed by atoms with Crippen LogP contribution in [0.3, 0.4) is 0 Å². The second-order valence-corrected chi connectivity index (χ2v) is 8.16. The number of nitrogens with two attached hydrogens (primary N) is 1. The van der Waals surface area contributed by atoms with Crippen molar-refractivity contribution >= 4 is 10.0 Å². The minimum absolute atomic E-state index is 0.00697. The topological polar surface area (TPSA) is 130 Å². The largest absolute Gasteiger partial charge is 0.486 e. The standard InChI is InChI=1S/C17H16F2N4O4S/c18-12-2-4-16(22-7-12)28(25,26)23-8-15(17(24,9-21)10-23)27-13-3-1-11(6-20)14(19)5-13/h1-5,7,15,24H,8-10,21H2/t15-,17-/m0/s1. The number of sulfonamides is 1. The van der Waals surface area contributed by atoms with Gasteiger partial charge in [-0.3, -0.25) is 0 Å². The number of ether oxygens (including phenoxy) is 1. The molecule has 1 saturated heterocycles. The maximum atomic E-state index is 13.8. The summed E-state index contributed by atoms with van der Waals surface area (Å²) in [5.41, 5.74) is 3.70. The van der Waals surface area contributed by atoms with E-state index in [4.69, 9.17) is 15.7 Å². The van der Waals surface area contributed by atoms with E-state index in [0.29, 0.717) is 0 Å². The molecule has 28 heavy (non-hydrogen) atoms. The first-order valence-electron chi connectivity index (χ1n) is 8.10. The van der Waals surface area contributed by atoms with Gasteiger partial charge in [0.1, 0.15) is 35.2 Å². The minimum atomic E-state index is -4.14. The lowest BCUT2D eigenvalue weighted by Crippen LogP contribution is -2.50. The average molecular weight is 410 g/mol. The molecule has 1 aliphatic heterocycles. The number of aliphatic hydroxyl groups is 1. The minimum Gasteiger partial charge on any atom is -0.486 e. The summed E-state index contributed by atoms with van der Waals surface area (Å²) in [6.07, 6.45) is -0.328. The zero-order chi connectivity index (χ0) is 20.5. The SMILES string of the molecule is N#Cc1ccc(O[C@H]2CN(S(=O)(=O)c3ccc(F)cn3)C[C@@]2(O)CN)cc1F. The summed E-state index contributed by atoms with van der Waals surface area (Å²) >= 11 is 0. The number of aromatic nitrogens is 1. The van der Waals surface area contributed by atoms with Crippen LogP contribution in [0.25, 0.3) is 0 Å². The van der Waals surface area contributed by atoms with E-state index < -0.39 is 38.4 Å². The van der Waals surface area contributed by atoms with Crippen molar-refractivity contribution in [1.82, 2.24) is 9.29 Å². The molecule has 148 valence electrons. The third-order valence-corrected chi connectivity index (χ3v) is 6.14. The van der Waals surface area contributed by atoms with Gasteiger partial charge in [-0.2, -0.15) is 9.57 Å². The highest BCUT2D eigenvalue weighted by molar-refractivity contribution is 7.89. The molecule has 0 unspecified atom stereocenters. The molecule has 1 aromatic carbocycles. The van der Waals surface area contributed by atoms with E-state index in [-0.39, 0.29) is 30.9 Å². The average Bonchev–Trinajstić information content (AvgIpc) is 3.00. The van der Waals surface area contributed by atoms with Gasteiger partial charge < -0.3 is 15.6 Å². The Morgan fingerprint density at radius 1 is 1.39 bits per heavy atom. The van der Waals surface area contributed by atoms with Gasteiger partial charge in [-0.05, 0) is 24.3 Å². The van der Waals surface area contributed by atoms with E-state index in [1.807, 2.05) is 0 Å². The number of nitrogens with zero attached hydrogens (tertiary/aromatic N) is 3. The van der Waals surface area contributed by atoms with Crippen molar-refractivity contribution in [2.45, 2.75) is 16.7 Å². The van der Waals surface area contributed by atoms with Crippen molar-refractivity contribution in [2.24, 2.45) is 5.73 Å². The number of nitriles is 1. The summed E-state index contributed by atoms with van der Waals surface area (Å²) in [6, 6.07) is 7.14. The lowest BCUT2D eigenvalue weighted by Gasteiger charge is -2.27. The Labute approximate surface area is 159 Å². The molecule has 0 aliphatic carbocycles. The zero-order valence-electron chi connectivity index (χ0n) is 14.4. The molecule has 2 heterocycles. The van der Waals surface area contributed by atoms with E-state index >= 15 is 0 Å². The normalized spacial score (nSPS) is 22.8. The molecule has 1 fully saturated rings. The number of rotatable bonds is 5. The molecule has 0 saturated carbocycles. The van der Waals surface area contributed by atoms with Gasteiger partial charge in [-0.15, -0.1) is 0 Å². The van der Waals surface area contributed by atoms with Crippen LogP contribution >= 0.6 is 0 Å². The van der Waals surface area contributed by atoms with E-state index in [1.165, 1.54) is 12.1 Å². The van der Waals surface area contributed by atoms with Gasteiger partial charge in [0, 0.05) is 19.2 Å². The van der Waals surface area contributed by atoms with Gasteiger partial charge in [-0.1, -0.05) is 0 Å². The highest BCUT2D eigenvalue weighted by Gasteiger charge is 2.50. The Bertz CT molecular complexity index is 1030. The third kappa shape index (κ3) is 3.67. The molecular weight excluding hydrogens is 394 g/mol. The zero-order valence-corrected chi connectivity index (χ0v) is 15.2. The smallest absolute Gasteiger partial charge is 0.260 e. The van der Waals surface area contributed by atoms with Crippen molar-refractivity contribution in [2.75, 3.05) is 19.6 Å². The molecule has 2 aromatic rings. The number of β-amino-alcohol motifs (C(OH)–C–C–N with tert-alkyl or cyclic N) is 1. The number of benzene rings is 1. The Hall–Kier alpha value is -2.65. The summed E-state index contributed by atoms with van der Waals surface area (Å²) in [7, 11) is -4.14. The van der Waals surface area contributed by atoms with Crippen LogP contribution in [0.15, 0.2) is 41.6 Å². The van der Waals surface area contributed by atoms with Crippen LogP contribution in [0.2, 0.25) is 0 Å².